The first-order chi connectivity index (χ1) is 5.97. The molecule has 0 aromatic heterocycles. The molecule has 1 heteroatoms. The van der Waals surface area contributed by atoms with Gasteiger partial charge in [-0.2, -0.15) is 0 Å². The van der Waals surface area contributed by atoms with Crippen LogP contribution in [0.15, 0.2) is 12.2 Å². The second-order valence-corrected chi connectivity index (χ2v) is 4.03. The molecule has 0 spiro atoms. The van der Waals surface area contributed by atoms with Crippen LogP contribution in [-0.4, -0.2) is 13.1 Å². The van der Waals surface area contributed by atoms with E-state index in [2.05, 4.69) is 17.5 Å². The Hall–Kier alpha value is -0.300. The van der Waals surface area contributed by atoms with E-state index >= 15 is 0 Å². The lowest BCUT2D eigenvalue weighted by atomic mass is 9.86. The molecule has 1 fully saturated rings. The first-order valence-corrected chi connectivity index (χ1v) is 5.27. The van der Waals surface area contributed by atoms with Crippen molar-refractivity contribution in [2.24, 2.45) is 11.8 Å². The Balaban J connectivity index is 1.87. The summed E-state index contributed by atoms with van der Waals surface area (Å²) in [6.07, 6.45) is 11.6. The summed E-state index contributed by atoms with van der Waals surface area (Å²) < 4.78 is 0. The van der Waals surface area contributed by atoms with Crippen molar-refractivity contribution in [3.05, 3.63) is 12.2 Å². The van der Waals surface area contributed by atoms with Gasteiger partial charge in [-0.05, 0) is 43.9 Å². The lowest BCUT2D eigenvalue weighted by Crippen LogP contribution is -2.12. The number of nitrogens with zero attached hydrogens (tertiary/aromatic N) is 1. The largest absolute Gasteiger partial charge is 0.242 e. The topological polar surface area (TPSA) is 14.1 Å². The Morgan fingerprint density at radius 3 is 2.92 bits per heavy atom. The van der Waals surface area contributed by atoms with Crippen molar-refractivity contribution >= 4 is 0 Å². The van der Waals surface area contributed by atoms with E-state index in [4.69, 9.17) is 0 Å². The lowest BCUT2D eigenvalue weighted by molar-refractivity contribution is 0.354. The van der Waals surface area contributed by atoms with Gasteiger partial charge in [0.2, 0.25) is 0 Å². The normalized spacial score (nSPS) is 36.7. The Bertz CT molecular complexity index is 154. The summed E-state index contributed by atoms with van der Waals surface area (Å²) in [6.45, 7) is 2.24. The zero-order valence-electron chi connectivity index (χ0n) is 7.71. The maximum atomic E-state index is 4.47. The van der Waals surface area contributed by atoms with Gasteiger partial charge < -0.3 is 0 Å². The third kappa shape index (κ3) is 1.89. The Morgan fingerprint density at radius 2 is 2.08 bits per heavy atom. The monoisotopic (exact) mass is 164 g/mol. The first kappa shape index (κ1) is 8.31. The Morgan fingerprint density at radius 1 is 1.08 bits per heavy atom. The Labute approximate surface area is 75.2 Å². The molecule has 1 radical (unpaired) electrons. The number of hydrogen-bond acceptors (Lipinski definition) is 0. The van der Waals surface area contributed by atoms with Crippen LogP contribution in [0, 0.1) is 11.8 Å². The van der Waals surface area contributed by atoms with E-state index in [-0.39, 0.29) is 0 Å². The third-order valence-electron chi connectivity index (χ3n) is 3.20. The molecule has 1 saturated heterocycles. The van der Waals surface area contributed by atoms with Crippen LogP contribution >= 0.6 is 0 Å². The van der Waals surface area contributed by atoms with Gasteiger partial charge in [-0.25, -0.2) is 5.32 Å². The van der Waals surface area contributed by atoms with Gasteiger partial charge in [0.1, 0.15) is 0 Å². The molecule has 1 aliphatic heterocycles. The van der Waals surface area contributed by atoms with Crippen molar-refractivity contribution < 1.29 is 0 Å². The quantitative estimate of drug-likeness (QED) is 0.528. The van der Waals surface area contributed by atoms with Gasteiger partial charge in [0.25, 0.3) is 0 Å². The van der Waals surface area contributed by atoms with Crippen LogP contribution in [0.2, 0.25) is 0 Å². The molecule has 0 bridgehead atoms. The molecule has 2 aliphatic rings. The van der Waals surface area contributed by atoms with E-state index in [9.17, 15) is 0 Å². The number of allylic oxidation sites excluding steroid dienone is 2. The molecule has 12 heavy (non-hydrogen) atoms. The first-order valence-electron chi connectivity index (χ1n) is 5.27. The minimum Gasteiger partial charge on any atom is -0.242 e. The molecule has 2 rings (SSSR count). The van der Waals surface area contributed by atoms with Crippen LogP contribution in [0.3, 0.4) is 0 Å². The molecular formula is C11H18N. The summed E-state index contributed by atoms with van der Waals surface area (Å²) in [5.74, 6) is 1.85. The smallest absolute Gasteiger partial charge is 0.0136 e. The fraction of sp³-hybridized carbons (Fsp3) is 0.818. The summed E-state index contributed by atoms with van der Waals surface area (Å²) in [4.78, 5) is 0. The molecular weight excluding hydrogens is 146 g/mol. The highest BCUT2D eigenvalue weighted by atomic mass is 14.8. The summed E-state index contributed by atoms with van der Waals surface area (Å²) >= 11 is 0. The van der Waals surface area contributed by atoms with E-state index in [0.29, 0.717) is 0 Å². The second kappa shape index (κ2) is 4.08. The third-order valence-corrected chi connectivity index (χ3v) is 3.20. The summed E-state index contributed by atoms with van der Waals surface area (Å²) in [7, 11) is 0. The van der Waals surface area contributed by atoms with Crippen LogP contribution in [0.5, 0.6) is 0 Å². The molecule has 0 aromatic carbocycles. The van der Waals surface area contributed by atoms with Crippen molar-refractivity contribution in [3.8, 4) is 0 Å². The lowest BCUT2D eigenvalue weighted by Gasteiger charge is -2.19. The average molecular weight is 164 g/mol. The van der Waals surface area contributed by atoms with E-state index in [0.717, 1.165) is 24.9 Å². The number of rotatable bonds is 1. The predicted octanol–water partition coefficient (Wildman–Crippen LogP) is 2.36. The van der Waals surface area contributed by atoms with Crippen LogP contribution < -0.4 is 5.32 Å². The van der Waals surface area contributed by atoms with Crippen LogP contribution in [0.25, 0.3) is 0 Å². The second-order valence-electron chi connectivity index (χ2n) is 4.03. The molecule has 1 aliphatic carbocycles. The van der Waals surface area contributed by atoms with Gasteiger partial charge in [0, 0.05) is 13.1 Å². The minimum atomic E-state index is 0.901. The van der Waals surface area contributed by atoms with Crippen molar-refractivity contribution in [1.82, 2.24) is 5.32 Å². The van der Waals surface area contributed by atoms with Crippen molar-refractivity contribution in [2.75, 3.05) is 13.1 Å². The fourth-order valence-corrected chi connectivity index (χ4v) is 2.46. The fourth-order valence-electron chi connectivity index (χ4n) is 2.46. The van der Waals surface area contributed by atoms with Crippen LogP contribution in [0.1, 0.15) is 32.1 Å². The summed E-state index contributed by atoms with van der Waals surface area (Å²) in [5.41, 5.74) is 0. The Kier molecular flexibility index (Phi) is 2.83. The van der Waals surface area contributed by atoms with E-state index < -0.39 is 0 Å². The van der Waals surface area contributed by atoms with Crippen molar-refractivity contribution in [2.45, 2.75) is 32.1 Å². The van der Waals surface area contributed by atoms with Gasteiger partial charge in [-0.3, -0.25) is 0 Å². The average Bonchev–Trinajstić information content (AvgIpc) is 2.48. The van der Waals surface area contributed by atoms with Crippen LogP contribution in [0.4, 0.5) is 0 Å². The van der Waals surface area contributed by atoms with Gasteiger partial charge in [-0.1, -0.05) is 12.2 Å². The molecule has 1 heterocycles. The standard InChI is InChI=1S/C11H18N/c1-2-5-10(4-1)11-6-3-8-12-9-7-11/h1,4,10-11H,2-3,5-9H2. The van der Waals surface area contributed by atoms with Gasteiger partial charge >= 0.3 is 0 Å². The van der Waals surface area contributed by atoms with Crippen LogP contribution in [-0.2, 0) is 0 Å². The zero-order valence-corrected chi connectivity index (χ0v) is 7.71. The minimum absolute atomic E-state index is 0.901. The predicted molar refractivity (Wildman–Crippen MR) is 51.1 cm³/mol. The molecule has 0 saturated carbocycles. The zero-order chi connectivity index (χ0) is 8.23. The molecule has 2 atom stereocenters. The van der Waals surface area contributed by atoms with Crippen molar-refractivity contribution in [1.29, 1.82) is 0 Å². The molecule has 0 aromatic rings. The SMILES string of the molecule is C1=CC(C2CCC[N]CC2)CC1. The molecule has 1 nitrogen and oxygen atoms in total. The molecule has 0 N–H and O–H groups in total. The van der Waals surface area contributed by atoms with Gasteiger partial charge in [0.05, 0.1) is 0 Å². The van der Waals surface area contributed by atoms with Gasteiger partial charge in [-0.15, -0.1) is 0 Å². The summed E-state index contributed by atoms with van der Waals surface area (Å²) in [5, 5.41) is 4.47. The van der Waals surface area contributed by atoms with E-state index in [1.54, 1.807) is 0 Å². The van der Waals surface area contributed by atoms with Crippen molar-refractivity contribution in [3.63, 3.8) is 0 Å². The van der Waals surface area contributed by atoms with Gasteiger partial charge in [0.15, 0.2) is 0 Å². The highest BCUT2D eigenvalue weighted by molar-refractivity contribution is 4.99. The highest BCUT2D eigenvalue weighted by Crippen LogP contribution is 2.31. The number of hydrogen-bond donors (Lipinski definition) is 0. The maximum Gasteiger partial charge on any atom is 0.0136 e. The summed E-state index contributed by atoms with van der Waals surface area (Å²) in [6, 6.07) is 0. The highest BCUT2D eigenvalue weighted by Gasteiger charge is 2.22. The molecule has 67 valence electrons. The molecule has 2 unspecified atom stereocenters. The van der Waals surface area contributed by atoms with E-state index in [1.807, 2.05) is 0 Å². The molecule has 0 amide bonds. The van der Waals surface area contributed by atoms with E-state index in [1.165, 1.54) is 32.1 Å². The maximum absolute atomic E-state index is 4.47.